The van der Waals surface area contributed by atoms with Crippen molar-refractivity contribution in [3.63, 3.8) is 0 Å². The van der Waals surface area contributed by atoms with E-state index in [0.717, 1.165) is 70.0 Å². The molecule has 1 aliphatic heterocycles. The average Bonchev–Trinajstić information content (AvgIpc) is 3.17. The van der Waals surface area contributed by atoms with E-state index in [9.17, 15) is 9.18 Å². The third-order valence-corrected chi connectivity index (χ3v) is 7.50. The molecule has 6 heteroatoms. The lowest BCUT2D eigenvalue weighted by molar-refractivity contribution is -0.129. The predicted molar refractivity (Wildman–Crippen MR) is 127 cm³/mol. The number of nitrogens with one attached hydrogen (secondary N) is 1. The van der Waals surface area contributed by atoms with Gasteiger partial charge >= 0.3 is 0 Å². The smallest absolute Gasteiger partial charge is 0.245 e. The molecule has 2 heterocycles. The molecule has 0 spiro atoms. The SMILES string of the molecule is N#Cc1ccc2c(c1)CCN(CCC1(C(=O)Nn3c(F)cc4ccccc43)CCCCC1)C2. The fraction of sp³-hybridized carbons (Fsp3) is 0.407. The van der Waals surface area contributed by atoms with Crippen LogP contribution in [0.4, 0.5) is 4.39 Å². The van der Waals surface area contributed by atoms with E-state index >= 15 is 0 Å². The Balaban J connectivity index is 1.31. The number of halogens is 1. The fourth-order valence-electron chi connectivity index (χ4n) is 5.52. The summed E-state index contributed by atoms with van der Waals surface area (Å²) in [4.78, 5) is 16.0. The lowest BCUT2D eigenvalue weighted by atomic mass is 9.71. The maximum Gasteiger partial charge on any atom is 0.245 e. The van der Waals surface area contributed by atoms with Gasteiger partial charge in [-0.3, -0.25) is 15.1 Å². The largest absolute Gasteiger partial charge is 0.299 e. The molecular formula is C27H29FN4O. The number of para-hydroxylation sites is 1. The van der Waals surface area contributed by atoms with Gasteiger partial charge in [0.2, 0.25) is 11.9 Å². The molecule has 1 N–H and O–H groups in total. The number of hydrogen-bond donors (Lipinski definition) is 1. The van der Waals surface area contributed by atoms with E-state index in [1.54, 1.807) is 0 Å². The summed E-state index contributed by atoms with van der Waals surface area (Å²) in [5, 5.41) is 9.92. The van der Waals surface area contributed by atoms with Gasteiger partial charge in [0.05, 0.1) is 22.6 Å². The van der Waals surface area contributed by atoms with Gasteiger partial charge in [0.25, 0.3) is 0 Å². The first kappa shape index (κ1) is 21.7. The second-order valence-electron chi connectivity index (χ2n) is 9.51. The second kappa shape index (κ2) is 8.99. The highest BCUT2D eigenvalue weighted by molar-refractivity contribution is 5.92. The zero-order valence-corrected chi connectivity index (χ0v) is 18.8. The van der Waals surface area contributed by atoms with E-state index in [1.807, 2.05) is 36.4 Å². The molecule has 0 bridgehead atoms. The lowest BCUT2D eigenvalue weighted by Gasteiger charge is -2.38. The standard InChI is InChI=1S/C27H29FN4O/c28-25-17-22-6-2-3-7-24(22)32(25)30-26(33)27(11-4-1-5-12-27)13-15-31-14-10-21-16-20(18-29)8-9-23(21)19-31/h2-3,6-9,16-17H,1,4-5,10-15,19H2,(H,30,33). The first-order valence-corrected chi connectivity index (χ1v) is 11.9. The van der Waals surface area contributed by atoms with Crippen LogP contribution < -0.4 is 5.43 Å². The van der Waals surface area contributed by atoms with Crippen LogP contribution in [0.25, 0.3) is 10.9 Å². The molecule has 5 rings (SSSR count). The van der Waals surface area contributed by atoms with Gasteiger partial charge in [0.1, 0.15) is 0 Å². The number of fused-ring (bicyclic) bond motifs is 2. The third-order valence-electron chi connectivity index (χ3n) is 7.50. The van der Waals surface area contributed by atoms with Crippen molar-refractivity contribution in [1.82, 2.24) is 9.58 Å². The third kappa shape index (κ3) is 4.26. The summed E-state index contributed by atoms with van der Waals surface area (Å²) < 4.78 is 16.0. The van der Waals surface area contributed by atoms with Crippen molar-refractivity contribution < 1.29 is 9.18 Å². The van der Waals surface area contributed by atoms with E-state index in [4.69, 9.17) is 5.26 Å². The summed E-state index contributed by atoms with van der Waals surface area (Å²) in [5.74, 6) is -0.515. The zero-order valence-electron chi connectivity index (χ0n) is 18.8. The van der Waals surface area contributed by atoms with E-state index in [1.165, 1.54) is 21.9 Å². The van der Waals surface area contributed by atoms with E-state index in [2.05, 4.69) is 22.5 Å². The molecular weight excluding hydrogens is 415 g/mol. The number of aromatic nitrogens is 1. The average molecular weight is 445 g/mol. The van der Waals surface area contributed by atoms with Crippen molar-refractivity contribution in [2.45, 2.75) is 51.5 Å². The number of benzene rings is 2. The highest BCUT2D eigenvalue weighted by Gasteiger charge is 2.40. The normalized spacial score (nSPS) is 17.9. The van der Waals surface area contributed by atoms with Crippen LogP contribution in [0.15, 0.2) is 48.5 Å². The molecule has 0 saturated heterocycles. The van der Waals surface area contributed by atoms with Gasteiger partial charge in [-0.25, -0.2) is 4.68 Å². The van der Waals surface area contributed by atoms with Crippen LogP contribution in [0.3, 0.4) is 0 Å². The van der Waals surface area contributed by atoms with Gasteiger partial charge in [-0.2, -0.15) is 9.65 Å². The predicted octanol–water partition coefficient (Wildman–Crippen LogP) is 5.12. The fourth-order valence-corrected chi connectivity index (χ4v) is 5.52. The van der Waals surface area contributed by atoms with E-state index in [-0.39, 0.29) is 5.91 Å². The molecule has 1 amide bonds. The number of nitriles is 1. The maximum absolute atomic E-state index is 14.6. The molecule has 1 aromatic heterocycles. The zero-order chi connectivity index (χ0) is 22.8. The number of rotatable bonds is 5. The Labute approximate surface area is 193 Å². The van der Waals surface area contributed by atoms with E-state index < -0.39 is 11.4 Å². The molecule has 170 valence electrons. The molecule has 0 unspecified atom stereocenters. The highest BCUT2D eigenvalue weighted by Crippen LogP contribution is 2.40. The number of carbonyl (C=O) groups excluding carboxylic acids is 1. The van der Waals surface area contributed by atoms with Gasteiger partial charge in [-0.15, -0.1) is 0 Å². The van der Waals surface area contributed by atoms with Crippen LogP contribution in [0.5, 0.6) is 0 Å². The van der Waals surface area contributed by atoms with Crippen LogP contribution in [0.2, 0.25) is 0 Å². The van der Waals surface area contributed by atoms with Crippen molar-refractivity contribution in [3.05, 3.63) is 71.2 Å². The van der Waals surface area contributed by atoms with Gasteiger partial charge in [-0.1, -0.05) is 43.5 Å². The van der Waals surface area contributed by atoms with Crippen molar-refractivity contribution in [2.24, 2.45) is 5.41 Å². The van der Waals surface area contributed by atoms with Crippen molar-refractivity contribution >= 4 is 16.8 Å². The summed E-state index contributed by atoms with van der Waals surface area (Å²) in [6.45, 7) is 2.60. The number of hydrogen-bond acceptors (Lipinski definition) is 3. The van der Waals surface area contributed by atoms with Crippen LogP contribution in [0.1, 0.15) is 55.2 Å². The Morgan fingerprint density at radius 1 is 1.09 bits per heavy atom. The Morgan fingerprint density at radius 3 is 2.73 bits per heavy atom. The van der Waals surface area contributed by atoms with Crippen LogP contribution >= 0.6 is 0 Å². The molecule has 5 nitrogen and oxygen atoms in total. The first-order valence-electron chi connectivity index (χ1n) is 11.9. The van der Waals surface area contributed by atoms with E-state index in [0.29, 0.717) is 11.1 Å². The Morgan fingerprint density at radius 2 is 1.91 bits per heavy atom. The molecule has 3 aromatic rings. The van der Waals surface area contributed by atoms with Crippen LogP contribution in [0, 0.1) is 22.7 Å². The molecule has 1 saturated carbocycles. The molecule has 2 aliphatic rings. The Kier molecular flexibility index (Phi) is 5.90. The summed E-state index contributed by atoms with van der Waals surface area (Å²) in [6.07, 6.45) is 6.58. The summed E-state index contributed by atoms with van der Waals surface area (Å²) in [7, 11) is 0. The van der Waals surface area contributed by atoms with Gasteiger partial charge in [0.15, 0.2) is 0 Å². The molecule has 0 radical (unpaired) electrons. The summed E-state index contributed by atoms with van der Waals surface area (Å²) >= 11 is 0. The Hall–Kier alpha value is -3.17. The molecule has 1 fully saturated rings. The van der Waals surface area contributed by atoms with Crippen molar-refractivity contribution in [1.29, 1.82) is 5.26 Å². The topological polar surface area (TPSA) is 61.1 Å². The first-order chi connectivity index (χ1) is 16.1. The van der Waals surface area contributed by atoms with Crippen LogP contribution in [-0.4, -0.2) is 28.6 Å². The quantitative estimate of drug-likeness (QED) is 0.594. The van der Waals surface area contributed by atoms with Gasteiger partial charge in [-0.05, 0) is 61.6 Å². The number of carbonyl (C=O) groups is 1. The molecule has 2 aromatic carbocycles. The maximum atomic E-state index is 14.6. The molecule has 33 heavy (non-hydrogen) atoms. The number of amides is 1. The molecule has 0 atom stereocenters. The minimum absolute atomic E-state index is 0.0708. The molecule has 1 aliphatic carbocycles. The highest BCUT2D eigenvalue weighted by atomic mass is 19.1. The van der Waals surface area contributed by atoms with Gasteiger partial charge < -0.3 is 0 Å². The number of nitrogens with zero attached hydrogens (tertiary/aromatic N) is 3. The van der Waals surface area contributed by atoms with Crippen molar-refractivity contribution in [3.8, 4) is 6.07 Å². The second-order valence-corrected chi connectivity index (χ2v) is 9.51. The summed E-state index contributed by atoms with van der Waals surface area (Å²) in [5.41, 5.74) is 6.36. The summed E-state index contributed by atoms with van der Waals surface area (Å²) in [6, 6.07) is 17.0. The lowest BCUT2D eigenvalue weighted by Crippen LogP contribution is -2.44. The monoisotopic (exact) mass is 444 g/mol. The minimum Gasteiger partial charge on any atom is -0.299 e. The Bertz CT molecular complexity index is 1220. The minimum atomic E-state index is -0.471. The van der Waals surface area contributed by atoms with Crippen molar-refractivity contribution in [2.75, 3.05) is 18.5 Å². The van der Waals surface area contributed by atoms with Gasteiger partial charge in [0, 0.05) is 24.5 Å². The van der Waals surface area contributed by atoms with Crippen LogP contribution in [-0.2, 0) is 17.8 Å².